The fourth-order valence-corrected chi connectivity index (χ4v) is 2.25. The Bertz CT molecular complexity index is 952. The number of hydrogen-bond donors (Lipinski definition) is 1. The molecule has 0 saturated heterocycles. The highest BCUT2D eigenvalue weighted by molar-refractivity contribution is 5.77. The predicted octanol–water partition coefficient (Wildman–Crippen LogP) is 7.62. The first-order valence-corrected chi connectivity index (χ1v) is 8.15. The van der Waals surface area contributed by atoms with E-state index in [1.807, 2.05) is 0 Å². The fraction of sp³-hybridized carbons (Fsp3) is 0.923. The predicted molar refractivity (Wildman–Crippen MR) is 68.1 cm³/mol. The molecule has 0 aliphatic carbocycles. The Hall–Kier alpha value is -2.28. The van der Waals surface area contributed by atoms with Crippen molar-refractivity contribution >= 4 is 5.97 Å². The van der Waals surface area contributed by atoms with E-state index in [9.17, 15) is 115 Å². The van der Waals surface area contributed by atoms with E-state index in [4.69, 9.17) is 5.11 Å². The molecule has 0 spiro atoms. The van der Waals surface area contributed by atoms with Gasteiger partial charge in [-0.3, -0.25) is 0 Å². The van der Waals surface area contributed by atoms with Gasteiger partial charge in [-0.05, 0) is 0 Å². The van der Waals surface area contributed by atoms with Crippen molar-refractivity contribution in [3.8, 4) is 0 Å². The Labute approximate surface area is 198 Å². The summed E-state index contributed by atoms with van der Waals surface area (Å²) in [7, 11) is 0. The molecule has 27 heteroatoms. The molecule has 0 saturated carbocycles. The van der Waals surface area contributed by atoms with Crippen molar-refractivity contribution in [2.45, 2.75) is 71.3 Å². The second-order valence-corrected chi connectivity index (χ2v) is 7.13. The van der Waals surface area contributed by atoms with E-state index in [1.165, 1.54) is 0 Å². The van der Waals surface area contributed by atoms with Crippen LogP contribution in [0.1, 0.15) is 0 Å². The second-order valence-electron chi connectivity index (χ2n) is 7.13. The summed E-state index contributed by atoms with van der Waals surface area (Å²) in [5, 5.41) is 7.64. The van der Waals surface area contributed by atoms with Gasteiger partial charge in [0.25, 0.3) is 0 Å². The lowest BCUT2D eigenvalue weighted by molar-refractivity contribution is -0.483. The molecule has 0 fully saturated rings. The highest BCUT2D eigenvalue weighted by Gasteiger charge is 3.00. The molecule has 40 heavy (non-hydrogen) atoms. The van der Waals surface area contributed by atoms with E-state index in [-0.39, 0.29) is 0 Å². The number of carboxylic acid groups (broad SMARTS) is 1. The lowest BCUT2D eigenvalue weighted by Gasteiger charge is -2.46. The quantitative estimate of drug-likeness (QED) is 0.244. The van der Waals surface area contributed by atoms with Crippen LogP contribution in [0.3, 0.4) is 0 Å². The third-order valence-electron chi connectivity index (χ3n) is 4.64. The maximum absolute atomic E-state index is 13.5. The normalized spacial score (nSPS) is 16.8. The number of rotatable bonds is 10. The lowest BCUT2D eigenvalue weighted by Crippen LogP contribution is -2.79. The van der Waals surface area contributed by atoms with E-state index in [0.29, 0.717) is 0 Å². The maximum atomic E-state index is 13.5. The number of alkyl halides is 25. The first-order valence-electron chi connectivity index (χ1n) is 8.15. The zero-order valence-corrected chi connectivity index (χ0v) is 16.8. The van der Waals surface area contributed by atoms with Gasteiger partial charge in [0.05, 0.1) is 0 Å². The van der Waals surface area contributed by atoms with Gasteiger partial charge in [-0.25, -0.2) is 9.18 Å². The van der Waals surface area contributed by atoms with Crippen LogP contribution in [0.25, 0.3) is 0 Å². The number of aliphatic carboxylic acids is 1. The van der Waals surface area contributed by atoms with Crippen LogP contribution in [0.5, 0.6) is 0 Å². The van der Waals surface area contributed by atoms with Gasteiger partial charge < -0.3 is 5.11 Å². The third-order valence-corrected chi connectivity index (χ3v) is 4.64. The van der Waals surface area contributed by atoms with Crippen LogP contribution in [0, 0.1) is 0 Å². The summed E-state index contributed by atoms with van der Waals surface area (Å²) in [6.07, 6.45) is -17.3. The van der Waals surface area contributed by atoms with Gasteiger partial charge >= 0.3 is 77.3 Å². The van der Waals surface area contributed by atoms with E-state index in [1.54, 1.807) is 0 Å². The van der Waals surface area contributed by atoms with Gasteiger partial charge in [-0.1, -0.05) is 0 Å². The monoisotopic (exact) mass is 664 g/mol. The van der Waals surface area contributed by atoms with Crippen LogP contribution in [0.2, 0.25) is 0 Å². The van der Waals surface area contributed by atoms with Crippen LogP contribution in [-0.2, 0) is 4.79 Å². The third kappa shape index (κ3) is 4.08. The zero-order valence-electron chi connectivity index (χ0n) is 16.8. The number of halogens is 25. The van der Waals surface area contributed by atoms with E-state index in [0.717, 1.165) is 0 Å². The van der Waals surface area contributed by atoms with Crippen LogP contribution in [0.15, 0.2) is 0 Å². The average molecular weight is 664 g/mol. The average Bonchev–Trinajstić information content (AvgIpc) is 2.69. The molecule has 0 heterocycles. The van der Waals surface area contributed by atoms with Crippen LogP contribution >= 0.6 is 0 Å². The molecule has 0 amide bonds. The molecule has 0 unspecified atom stereocenters. The molecule has 0 aliphatic heterocycles. The van der Waals surface area contributed by atoms with E-state index in [2.05, 4.69) is 0 Å². The Morgan fingerprint density at radius 3 is 0.675 bits per heavy atom. The molecule has 240 valence electrons. The summed E-state index contributed by atoms with van der Waals surface area (Å²) < 4.78 is 327. The standard InChI is InChI=1S/C13HF25O2/c14-2(15,1(39)40)4(17,18)6(21,22)8(25,26)10(29,30)11(31,32)9(27,28)7(23,24)5(19,20)3(16,12(33,34)35)13(36,37)38/h(H,39,40). The second kappa shape index (κ2) is 8.86. The molecule has 0 aromatic heterocycles. The topological polar surface area (TPSA) is 37.3 Å². The number of hydrogen-bond acceptors (Lipinski definition) is 1. The maximum Gasteiger partial charge on any atom is 0.438 e. The number of carboxylic acids is 1. The Morgan fingerprint density at radius 1 is 0.325 bits per heavy atom. The van der Waals surface area contributed by atoms with Crippen molar-refractivity contribution in [1.29, 1.82) is 0 Å². The SMILES string of the molecule is O=C(O)C(F)(F)C(F)(F)C(F)(F)C(F)(F)C(F)(F)C(F)(F)C(F)(F)C(F)(F)C(F)(F)C(F)(C(F)(F)F)C(F)(F)F. The molecule has 0 bridgehead atoms. The minimum atomic E-state index is -9.75. The molecular weight excluding hydrogens is 663 g/mol. The molecule has 0 aliphatic rings. The van der Waals surface area contributed by atoms with Crippen LogP contribution < -0.4 is 0 Å². The van der Waals surface area contributed by atoms with Crippen molar-refractivity contribution in [1.82, 2.24) is 0 Å². The summed E-state index contributed by atoms with van der Waals surface area (Å²) >= 11 is 0. The molecule has 2 nitrogen and oxygen atoms in total. The smallest absolute Gasteiger partial charge is 0.438 e. The van der Waals surface area contributed by atoms with Crippen LogP contribution in [-0.4, -0.2) is 82.4 Å². The van der Waals surface area contributed by atoms with Gasteiger partial charge in [0.2, 0.25) is 0 Å². The summed E-state index contributed by atoms with van der Waals surface area (Å²) in [6.45, 7) is 0. The molecule has 0 radical (unpaired) electrons. The molecule has 0 aromatic rings. The first kappa shape index (κ1) is 37.7. The molecule has 1 N–H and O–H groups in total. The van der Waals surface area contributed by atoms with Gasteiger partial charge in [-0.15, -0.1) is 0 Å². The van der Waals surface area contributed by atoms with Crippen molar-refractivity contribution in [3.63, 3.8) is 0 Å². The highest BCUT2D eigenvalue weighted by atomic mass is 19.4. The minimum Gasteiger partial charge on any atom is -0.477 e. The van der Waals surface area contributed by atoms with Crippen molar-refractivity contribution in [3.05, 3.63) is 0 Å². The molecule has 0 atom stereocenters. The summed E-state index contributed by atoms with van der Waals surface area (Å²) in [5.41, 5.74) is -9.17. The van der Waals surface area contributed by atoms with Crippen molar-refractivity contribution in [2.75, 3.05) is 0 Å². The van der Waals surface area contributed by atoms with Crippen molar-refractivity contribution < 1.29 is 120 Å². The Morgan fingerprint density at radius 2 is 0.500 bits per heavy atom. The lowest BCUT2D eigenvalue weighted by atomic mass is 9.82. The Balaban J connectivity index is 7.52. The minimum absolute atomic E-state index is 4.68. The summed E-state index contributed by atoms with van der Waals surface area (Å²) in [6, 6.07) is 0. The van der Waals surface area contributed by atoms with Gasteiger partial charge in [0.15, 0.2) is 0 Å². The largest absolute Gasteiger partial charge is 0.477 e. The fourth-order valence-electron chi connectivity index (χ4n) is 2.25. The van der Waals surface area contributed by atoms with E-state index < -0.39 is 77.3 Å². The molecule has 0 rings (SSSR count). The molecular formula is C13HF25O2. The van der Waals surface area contributed by atoms with Crippen molar-refractivity contribution in [2.24, 2.45) is 0 Å². The highest BCUT2D eigenvalue weighted by Crippen LogP contribution is 2.68. The number of carbonyl (C=O) groups is 1. The molecule has 0 aromatic carbocycles. The van der Waals surface area contributed by atoms with Gasteiger partial charge in [0, 0.05) is 0 Å². The summed E-state index contributed by atoms with van der Waals surface area (Å²) in [4.78, 5) is 9.88. The zero-order chi connectivity index (χ0) is 33.6. The van der Waals surface area contributed by atoms with Gasteiger partial charge in [0.1, 0.15) is 0 Å². The Kier molecular flexibility index (Phi) is 8.35. The van der Waals surface area contributed by atoms with Gasteiger partial charge in [-0.2, -0.15) is 105 Å². The van der Waals surface area contributed by atoms with Crippen LogP contribution in [0.4, 0.5) is 110 Å². The summed E-state index contributed by atoms with van der Waals surface area (Å²) in [5.74, 6) is -88.1. The first-order chi connectivity index (χ1) is 16.7. The van der Waals surface area contributed by atoms with E-state index >= 15 is 0 Å².